The number of piperazine rings is 1. The van der Waals surface area contributed by atoms with E-state index in [1.54, 1.807) is 21.3 Å². The molecule has 0 saturated carbocycles. The van der Waals surface area contributed by atoms with E-state index in [9.17, 15) is 0 Å². The Bertz CT molecular complexity index is 887. The zero-order valence-electron chi connectivity index (χ0n) is 19.7. The fourth-order valence-electron chi connectivity index (χ4n) is 3.74. The van der Waals surface area contributed by atoms with E-state index < -0.39 is 0 Å². The van der Waals surface area contributed by atoms with Crippen LogP contribution < -0.4 is 19.7 Å². The first-order chi connectivity index (χ1) is 15.0. The maximum absolute atomic E-state index is 5.54. The summed E-state index contributed by atoms with van der Waals surface area (Å²) in [7, 11) is 9.31. The molecule has 176 valence electrons. The predicted molar refractivity (Wildman–Crippen MR) is 141 cm³/mol. The van der Waals surface area contributed by atoms with E-state index in [1.807, 2.05) is 37.5 Å². The molecule has 0 bridgehead atoms. The molecule has 9 heteroatoms. The summed E-state index contributed by atoms with van der Waals surface area (Å²) in [6.07, 6.45) is 1.87. The van der Waals surface area contributed by atoms with E-state index >= 15 is 0 Å². The van der Waals surface area contributed by atoms with Crippen molar-refractivity contribution < 1.29 is 9.47 Å². The smallest absolute Gasteiger partial charge is 0.193 e. The van der Waals surface area contributed by atoms with Gasteiger partial charge in [0.25, 0.3) is 0 Å². The van der Waals surface area contributed by atoms with Crippen molar-refractivity contribution in [3.05, 3.63) is 47.7 Å². The Morgan fingerprint density at radius 3 is 2.53 bits per heavy atom. The van der Waals surface area contributed by atoms with Gasteiger partial charge in [0.05, 0.1) is 14.2 Å². The summed E-state index contributed by atoms with van der Waals surface area (Å²) in [6, 6.07) is 9.99. The van der Waals surface area contributed by atoms with Crippen LogP contribution in [0.25, 0.3) is 0 Å². The topological polar surface area (TPSA) is 65.5 Å². The zero-order chi connectivity index (χ0) is 22.2. The van der Waals surface area contributed by atoms with Crippen molar-refractivity contribution in [2.75, 3.05) is 66.4 Å². The van der Waals surface area contributed by atoms with E-state index in [-0.39, 0.29) is 24.0 Å². The van der Waals surface area contributed by atoms with E-state index in [2.05, 4.69) is 43.1 Å². The minimum Gasteiger partial charge on any atom is -0.497 e. The number of rotatable bonds is 7. The minimum absolute atomic E-state index is 0. The van der Waals surface area contributed by atoms with E-state index in [0.29, 0.717) is 13.1 Å². The highest BCUT2D eigenvalue weighted by Gasteiger charge is 2.18. The number of nitrogens with zero attached hydrogens (tertiary/aromatic N) is 5. The standard InChI is InChI=1S/C23H34N6O2.HI/c1-24-23(28(3)17-19-8-9-20(30-4)15-21(19)31-5)26-16-18-7-6-10-25-22(18)29-13-11-27(2)12-14-29;/h6-10,15H,11-14,16-17H2,1-5H3,(H,24,26);1H. The lowest BCUT2D eigenvalue weighted by Crippen LogP contribution is -2.45. The molecular weight excluding hydrogens is 519 g/mol. The molecule has 2 heterocycles. The average molecular weight is 554 g/mol. The molecule has 0 spiro atoms. The molecule has 1 saturated heterocycles. The van der Waals surface area contributed by atoms with Gasteiger partial charge in [-0.15, -0.1) is 24.0 Å². The Kier molecular flexibility index (Phi) is 10.3. The van der Waals surface area contributed by atoms with Gasteiger partial charge in [0.15, 0.2) is 5.96 Å². The maximum Gasteiger partial charge on any atom is 0.193 e. The third-order valence-electron chi connectivity index (χ3n) is 5.58. The van der Waals surface area contributed by atoms with Crippen molar-refractivity contribution in [1.29, 1.82) is 0 Å². The number of pyridine rings is 1. The number of methoxy groups -OCH3 is 2. The summed E-state index contributed by atoms with van der Waals surface area (Å²) in [5.74, 6) is 3.44. The molecule has 1 aliphatic rings. The van der Waals surface area contributed by atoms with Gasteiger partial charge in [0.1, 0.15) is 17.3 Å². The zero-order valence-corrected chi connectivity index (χ0v) is 22.0. The van der Waals surface area contributed by atoms with Crippen LogP contribution in [0.1, 0.15) is 11.1 Å². The Morgan fingerprint density at radius 2 is 1.88 bits per heavy atom. The molecule has 1 fully saturated rings. The molecule has 0 unspecified atom stereocenters. The second-order valence-corrected chi connectivity index (χ2v) is 7.71. The summed E-state index contributed by atoms with van der Waals surface area (Å²) in [5.41, 5.74) is 2.23. The minimum atomic E-state index is 0. The average Bonchev–Trinajstić information content (AvgIpc) is 2.80. The third kappa shape index (κ3) is 6.61. The van der Waals surface area contributed by atoms with Crippen LogP contribution in [0.15, 0.2) is 41.5 Å². The molecule has 0 amide bonds. The van der Waals surface area contributed by atoms with Crippen molar-refractivity contribution in [3.63, 3.8) is 0 Å². The van der Waals surface area contributed by atoms with Gasteiger partial charge in [-0.1, -0.05) is 6.07 Å². The first kappa shape index (κ1) is 26.0. The second-order valence-electron chi connectivity index (χ2n) is 7.71. The Labute approximate surface area is 208 Å². The number of aromatic nitrogens is 1. The second kappa shape index (κ2) is 12.7. The highest BCUT2D eigenvalue weighted by Crippen LogP contribution is 2.25. The summed E-state index contributed by atoms with van der Waals surface area (Å²) in [6.45, 7) is 5.41. The van der Waals surface area contributed by atoms with Gasteiger partial charge in [0.2, 0.25) is 0 Å². The van der Waals surface area contributed by atoms with Crippen LogP contribution >= 0.6 is 24.0 Å². The number of guanidine groups is 1. The third-order valence-corrected chi connectivity index (χ3v) is 5.58. The molecule has 3 rings (SSSR count). The van der Waals surface area contributed by atoms with Crippen molar-refractivity contribution in [1.82, 2.24) is 20.1 Å². The number of nitrogens with one attached hydrogen (secondary N) is 1. The number of hydrogen-bond donors (Lipinski definition) is 1. The quantitative estimate of drug-likeness (QED) is 0.321. The highest BCUT2D eigenvalue weighted by molar-refractivity contribution is 14.0. The number of anilines is 1. The van der Waals surface area contributed by atoms with Gasteiger partial charge in [-0.3, -0.25) is 4.99 Å². The van der Waals surface area contributed by atoms with Gasteiger partial charge in [-0.25, -0.2) is 4.98 Å². The number of ether oxygens (including phenoxy) is 2. The Hall–Kier alpha value is -2.27. The molecule has 2 aromatic rings. The summed E-state index contributed by atoms with van der Waals surface area (Å²) in [5, 5.41) is 3.49. The highest BCUT2D eigenvalue weighted by atomic mass is 127. The van der Waals surface area contributed by atoms with Crippen molar-refractivity contribution in [2.45, 2.75) is 13.1 Å². The van der Waals surface area contributed by atoms with Gasteiger partial charge in [-0.2, -0.15) is 0 Å². The first-order valence-electron chi connectivity index (χ1n) is 10.6. The molecule has 1 aliphatic heterocycles. The normalized spacial score (nSPS) is 14.5. The van der Waals surface area contributed by atoms with Crippen molar-refractivity contribution in [2.24, 2.45) is 4.99 Å². The summed E-state index contributed by atoms with van der Waals surface area (Å²) >= 11 is 0. The Morgan fingerprint density at radius 1 is 1.12 bits per heavy atom. The van der Waals surface area contributed by atoms with E-state index in [1.165, 1.54) is 5.56 Å². The lowest BCUT2D eigenvalue weighted by molar-refractivity contribution is 0.311. The van der Waals surface area contributed by atoms with Gasteiger partial charge in [0, 0.05) is 76.8 Å². The van der Waals surface area contributed by atoms with E-state index in [4.69, 9.17) is 9.47 Å². The fourth-order valence-corrected chi connectivity index (χ4v) is 3.74. The number of halogens is 1. The molecular formula is C23H35IN6O2. The molecule has 1 aromatic carbocycles. The van der Waals surface area contributed by atoms with Gasteiger partial charge < -0.3 is 29.5 Å². The van der Waals surface area contributed by atoms with Crippen molar-refractivity contribution in [3.8, 4) is 11.5 Å². The molecule has 0 radical (unpaired) electrons. The van der Waals surface area contributed by atoms with Crippen LogP contribution in [0.2, 0.25) is 0 Å². The molecule has 1 N–H and O–H groups in total. The van der Waals surface area contributed by atoms with Gasteiger partial charge in [-0.05, 0) is 25.2 Å². The lowest BCUT2D eigenvalue weighted by atomic mass is 10.2. The van der Waals surface area contributed by atoms with E-state index in [0.717, 1.165) is 55.0 Å². The van der Waals surface area contributed by atoms with Crippen LogP contribution in [-0.4, -0.2) is 82.3 Å². The molecule has 8 nitrogen and oxygen atoms in total. The molecule has 0 aliphatic carbocycles. The molecule has 1 aromatic heterocycles. The van der Waals surface area contributed by atoms with Crippen LogP contribution in [0.4, 0.5) is 5.82 Å². The fraction of sp³-hybridized carbons (Fsp3) is 0.478. The summed E-state index contributed by atoms with van der Waals surface area (Å²) in [4.78, 5) is 15.9. The summed E-state index contributed by atoms with van der Waals surface area (Å²) < 4.78 is 10.8. The molecule has 32 heavy (non-hydrogen) atoms. The van der Waals surface area contributed by atoms with Crippen LogP contribution in [-0.2, 0) is 13.1 Å². The molecule has 0 atom stereocenters. The monoisotopic (exact) mass is 554 g/mol. The number of benzene rings is 1. The number of aliphatic imine (C=N–C) groups is 1. The first-order valence-corrected chi connectivity index (χ1v) is 10.6. The van der Waals surface area contributed by atoms with Crippen LogP contribution in [0, 0.1) is 0 Å². The van der Waals surface area contributed by atoms with Crippen LogP contribution in [0.3, 0.4) is 0 Å². The number of hydrogen-bond acceptors (Lipinski definition) is 6. The predicted octanol–water partition coefficient (Wildman–Crippen LogP) is 2.68. The Balaban J connectivity index is 0.00000363. The van der Waals surface area contributed by atoms with Crippen molar-refractivity contribution >= 4 is 35.8 Å². The number of likely N-dealkylation sites (N-methyl/N-ethyl adjacent to an activating group) is 1. The van der Waals surface area contributed by atoms with Crippen LogP contribution in [0.5, 0.6) is 11.5 Å². The maximum atomic E-state index is 5.54. The largest absolute Gasteiger partial charge is 0.497 e. The lowest BCUT2D eigenvalue weighted by Gasteiger charge is -2.34. The SMILES string of the molecule is CN=C(NCc1cccnc1N1CCN(C)CC1)N(C)Cc1ccc(OC)cc1OC.I. The van der Waals surface area contributed by atoms with Gasteiger partial charge >= 0.3 is 0 Å².